The molecule has 4 nitrogen and oxygen atoms in total. The van der Waals surface area contributed by atoms with E-state index in [0.29, 0.717) is 11.2 Å². The van der Waals surface area contributed by atoms with Crippen molar-refractivity contribution in [2.75, 3.05) is 6.54 Å². The zero-order chi connectivity index (χ0) is 16.2. The second-order valence-corrected chi connectivity index (χ2v) is 6.36. The van der Waals surface area contributed by atoms with Crippen molar-refractivity contribution < 1.29 is 4.74 Å². The summed E-state index contributed by atoms with van der Waals surface area (Å²) in [5, 5.41) is 8.38. The SMILES string of the molecule is CCC(Oc1ccc(-c2ccc(Cl)nn2)cc1)N1CCCC1C. The zero-order valence-electron chi connectivity index (χ0n) is 13.6. The first-order valence-electron chi connectivity index (χ1n) is 8.19. The van der Waals surface area contributed by atoms with E-state index in [0.717, 1.165) is 30.0 Å². The lowest BCUT2D eigenvalue weighted by Gasteiger charge is -2.30. The lowest BCUT2D eigenvalue weighted by Crippen LogP contribution is -2.41. The van der Waals surface area contributed by atoms with E-state index in [1.165, 1.54) is 12.8 Å². The maximum Gasteiger partial charge on any atom is 0.152 e. The second kappa shape index (κ2) is 7.28. The summed E-state index contributed by atoms with van der Waals surface area (Å²) in [7, 11) is 0. The van der Waals surface area contributed by atoms with E-state index < -0.39 is 0 Å². The van der Waals surface area contributed by atoms with Gasteiger partial charge in [0.25, 0.3) is 0 Å². The summed E-state index contributed by atoms with van der Waals surface area (Å²) in [4.78, 5) is 2.46. The van der Waals surface area contributed by atoms with E-state index in [1.807, 2.05) is 30.3 Å². The summed E-state index contributed by atoms with van der Waals surface area (Å²) in [5.74, 6) is 0.890. The van der Waals surface area contributed by atoms with Crippen LogP contribution >= 0.6 is 11.6 Å². The van der Waals surface area contributed by atoms with Crippen LogP contribution in [0, 0.1) is 0 Å². The Balaban J connectivity index is 1.70. The zero-order valence-corrected chi connectivity index (χ0v) is 14.3. The van der Waals surface area contributed by atoms with Crippen LogP contribution in [-0.2, 0) is 0 Å². The van der Waals surface area contributed by atoms with Gasteiger partial charge in [0.05, 0.1) is 5.69 Å². The molecular formula is C18H22ClN3O. The number of aromatic nitrogens is 2. The van der Waals surface area contributed by atoms with Gasteiger partial charge >= 0.3 is 0 Å². The lowest BCUT2D eigenvalue weighted by atomic mass is 10.1. The first-order chi connectivity index (χ1) is 11.2. The Labute approximate surface area is 142 Å². The topological polar surface area (TPSA) is 38.3 Å². The van der Waals surface area contributed by atoms with Crippen LogP contribution in [0.15, 0.2) is 36.4 Å². The molecule has 0 N–H and O–H groups in total. The molecule has 2 heterocycles. The largest absolute Gasteiger partial charge is 0.475 e. The van der Waals surface area contributed by atoms with E-state index in [4.69, 9.17) is 16.3 Å². The van der Waals surface area contributed by atoms with Gasteiger partial charge in [0.1, 0.15) is 5.75 Å². The molecule has 1 fully saturated rings. The Kier molecular flexibility index (Phi) is 5.13. The van der Waals surface area contributed by atoms with E-state index in [9.17, 15) is 0 Å². The van der Waals surface area contributed by atoms with Crippen molar-refractivity contribution >= 4 is 11.6 Å². The van der Waals surface area contributed by atoms with Gasteiger partial charge in [-0.2, -0.15) is 0 Å². The van der Waals surface area contributed by atoms with E-state index in [1.54, 1.807) is 6.07 Å². The third-order valence-corrected chi connectivity index (χ3v) is 4.58. The average Bonchev–Trinajstić information content (AvgIpc) is 3.00. The normalized spacial score (nSPS) is 19.7. The van der Waals surface area contributed by atoms with E-state index in [2.05, 4.69) is 28.9 Å². The van der Waals surface area contributed by atoms with Gasteiger partial charge in [-0.1, -0.05) is 18.5 Å². The fourth-order valence-electron chi connectivity index (χ4n) is 3.10. The summed E-state index contributed by atoms with van der Waals surface area (Å²) in [6.07, 6.45) is 3.64. The fourth-order valence-corrected chi connectivity index (χ4v) is 3.20. The summed E-state index contributed by atoms with van der Waals surface area (Å²) in [6.45, 7) is 5.58. The van der Waals surface area contributed by atoms with Crippen molar-refractivity contribution in [2.45, 2.75) is 45.4 Å². The fraction of sp³-hybridized carbons (Fsp3) is 0.444. The summed E-state index contributed by atoms with van der Waals surface area (Å²) < 4.78 is 6.20. The highest BCUT2D eigenvalue weighted by molar-refractivity contribution is 6.29. The number of likely N-dealkylation sites (tertiary alicyclic amines) is 1. The highest BCUT2D eigenvalue weighted by atomic mass is 35.5. The minimum atomic E-state index is 0.147. The van der Waals surface area contributed by atoms with Crippen LogP contribution in [0.25, 0.3) is 11.3 Å². The molecular weight excluding hydrogens is 310 g/mol. The van der Waals surface area contributed by atoms with Crippen molar-refractivity contribution in [2.24, 2.45) is 0 Å². The summed E-state index contributed by atoms with van der Waals surface area (Å²) in [6, 6.07) is 12.2. The molecule has 2 unspecified atom stereocenters. The van der Waals surface area contributed by atoms with Crippen LogP contribution < -0.4 is 4.74 Å². The van der Waals surface area contributed by atoms with E-state index >= 15 is 0 Å². The Hall–Kier alpha value is -1.65. The Morgan fingerprint density at radius 1 is 1.22 bits per heavy atom. The van der Waals surface area contributed by atoms with Crippen LogP contribution in [-0.4, -0.2) is 33.9 Å². The van der Waals surface area contributed by atoms with Crippen molar-refractivity contribution in [1.82, 2.24) is 15.1 Å². The molecule has 2 atom stereocenters. The third-order valence-electron chi connectivity index (χ3n) is 4.38. The molecule has 1 aliphatic rings. The van der Waals surface area contributed by atoms with Gasteiger partial charge in [0.15, 0.2) is 11.4 Å². The number of hydrogen-bond acceptors (Lipinski definition) is 4. The number of rotatable bonds is 5. The molecule has 0 saturated carbocycles. The van der Waals surface area contributed by atoms with Crippen LogP contribution in [0.4, 0.5) is 0 Å². The maximum atomic E-state index is 6.20. The van der Waals surface area contributed by atoms with Gasteiger partial charge < -0.3 is 4.74 Å². The lowest BCUT2D eigenvalue weighted by molar-refractivity contribution is 0.0176. The third kappa shape index (κ3) is 3.82. The van der Waals surface area contributed by atoms with Crippen molar-refractivity contribution in [3.05, 3.63) is 41.6 Å². The predicted molar refractivity (Wildman–Crippen MR) is 92.6 cm³/mol. The molecule has 0 radical (unpaired) electrons. The number of nitrogens with zero attached hydrogens (tertiary/aromatic N) is 3. The van der Waals surface area contributed by atoms with Crippen LogP contribution in [0.5, 0.6) is 5.75 Å². The average molecular weight is 332 g/mol. The van der Waals surface area contributed by atoms with Gasteiger partial charge in [-0.15, -0.1) is 10.2 Å². The highest BCUT2D eigenvalue weighted by Gasteiger charge is 2.27. The quantitative estimate of drug-likeness (QED) is 0.814. The Morgan fingerprint density at radius 2 is 2.00 bits per heavy atom. The monoisotopic (exact) mass is 331 g/mol. The van der Waals surface area contributed by atoms with Crippen LogP contribution in [0.3, 0.4) is 0 Å². The molecule has 122 valence electrons. The Morgan fingerprint density at radius 3 is 2.57 bits per heavy atom. The smallest absolute Gasteiger partial charge is 0.152 e. The molecule has 0 aliphatic carbocycles. The number of ether oxygens (including phenoxy) is 1. The number of benzene rings is 1. The van der Waals surface area contributed by atoms with Gasteiger partial charge in [-0.25, -0.2) is 0 Å². The molecule has 1 saturated heterocycles. The number of hydrogen-bond donors (Lipinski definition) is 0. The minimum Gasteiger partial charge on any atom is -0.475 e. The van der Waals surface area contributed by atoms with Crippen molar-refractivity contribution in [3.8, 4) is 17.0 Å². The summed E-state index contributed by atoms with van der Waals surface area (Å²) >= 11 is 5.77. The van der Waals surface area contributed by atoms with Gasteiger partial charge in [-0.3, -0.25) is 4.90 Å². The van der Waals surface area contributed by atoms with Gasteiger partial charge in [-0.05, 0) is 62.6 Å². The molecule has 5 heteroatoms. The van der Waals surface area contributed by atoms with Crippen LogP contribution in [0.1, 0.15) is 33.1 Å². The first kappa shape index (κ1) is 16.2. The summed E-state index contributed by atoms with van der Waals surface area (Å²) in [5.41, 5.74) is 1.81. The molecule has 1 aromatic heterocycles. The van der Waals surface area contributed by atoms with Crippen LogP contribution in [0.2, 0.25) is 5.15 Å². The van der Waals surface area contributed by atoms with Crippen molar-refractivity contribution in [1.29, 1.82) is 0 Å². The molecule has 1 aromatic carbocycles. The molecule has 0 bridgehead atoms. The molecule has 0 spiro atoms. The standard InChI is InChI=1S/C18H22ClN3O/c1-3-18(22-12-4-5-13(22)2)23-15-8-6-14(7-9-15)16-10-11-17(19)21-20-16/h6-11,13,18H,3-5,12H2,1-2H3. The molecule has 3 rings (SSSR count). The molecule has 1 aliphatic heterocycles. The first-order valence-corrected chi connectivity index (χ1v) is 8.57. The molecule has 23 heavy (non-hydrogen) atoms. The van der Waals surface area contributed by atoms with Crippen molar-refractivity contribution in [3.63, 3.8) is 0 Å². The molecule has 0 amide bonds. The minimum absolute atomic E-state index is 0.147. The van der Waals surface area contributed by atoms with E-state index in [-0.39, 0.29) is 6.23 Å². The second-order valence-electron chi connectivity index (χ2n) is 5.98. The maximum absolute atomic E-state index is 6.20. The predicted octanol–water partition coefficient (Wildman–Crippen LogP) is 4.40. The van der Waals surface area contributed by atoms with Gasteiger partial charge in [0.2, 0.25) is 0 Å². The highest BCUT2D eigenvalue weighted by Crippen LogP contribution is 2.26. The Bertz CT molecular complexity index is 630. The molecule has 2 aromatic rings. The van der Waals surface area contributed by atoms with Gasteiger partial charge in [0, 0.05) is 18.2 Å². The number of halogens is 1.